The molecule has 0 spiro atoms. The average molecular weight is 216 g/mol. The SMILES string of the molecule is CC.CCc1nc(C)nc2[nH]cc(C#N)c12. The van der Waals surface area contributed by atoms with E-state index in [2.05, 4.69) is 21.0 Å². The Morgan fingerprint density at radius 1 is 1.38 bits per heavy atom. The number of H-pyrrole nitrogens is 1. The summed E-state index contributed by atoms with van der Waals surface area (Å²) >= 11 is 0. The highest BCUT2D eigenvalue weighted by molar-refractivity contribution is 5.84. The molecule has 0 atom stereocenters. The van der Waals surface area contributed by atoms with Crippen molar-refractivity contribution in [3.05, 3.63) is 23.3 Å². The summed E-state index contributed by atoms with van der Waals surface area (Å²) in [6, 6.07) is 2.13. The summed E-state index contributed by atoms with van der Waals surface area (Å²) in [7, 11) is 0. The second-order valence-corrected chi connectivity index (χ2v) is 3.11. The first-order valence-electron chi connectivity index (χ1n) is 5.51. The number of aromatic amines is 1. The third kappa shape index (κ3) is 2.03. The van der Waals surface area contributed by atoms with Crippen LogP contribution in [0.2, 0.25) is 0 Å². The van der Waals surface area contributed by atoms with Crippen LogP contribution in [0, 0.1) is 18.3 Å². The number of aromatic nitrogens is 3. The highest BCUT2D eigenvalue weighted by Gasteiger charge is 2.10. The van der Waals surface area contributed by atoms with Crippen LogP contribution in [0.4, 0.5) is 0 Å². The first kappa shape index (κ1) is 12.2. The predicted octanol–water partition coefficient (Wildman–Crippen LogP) is 2.73. The summed E-state index contributed by atoms with van der Waals surface area (Å²) in [6.07, 6.45) is 2.49. The van der Waals surface area contributed by atoms with Gasteiger partial charge in [0.1, 0.15) is 17.5 Å². The molecular formula is C12H16N4. The largest absolute Gasteiger partial charge is 0.345 e. The second-order valence-electron chi connectivity index (χ2n) is 3.11. The van der Waals surface area contributed by atoms with Crippen molar-refractivity contribution in [3.8, 4) is 6.07 Å². The van der Waals surface area contributed by atoms with Gasteiger partial charge in [-0.05, 0) is 13.3 Å². The molecule has 2 heterocycles. The fraction of sp³-hybridized carbons (Fsp3) is 0.417. The molecule has 84 valence electrons. The van der Waals surface area contributed by atoms with E-state index in [0.717, 1.165) is 29.0 Å². The topological polar surface area (TPSA) is 65.4 Å². The van der Waals surface area contributed by atoms with E-state index >= 15 is 0 Å². The van der Waals surface area contributed by atoms with Crippen LogP contribution in [0.15, 0.2) is 6.20 Å². The molecular weight excluding hydrogens is 200 g/mol. The van der Waals surface area contributed by atoms with Crippen LogP contribution < -0.4 is 0 Å². The van der Waals surface area contributed by atoms with E-state index < -0.39 is 0 Å². The van der Waals surface area contributed by atoms with E-state index in [1.807, 2.05) is 27.7 Å². The molecule has 0 aromatic carbocycles. The van der Waals surface area contributed by atoms with Crippen molar-refractivity contribution in [1.29, 1.82) is 5.26 Å². The van der Waals surface area contributed by atoms with Crippen LogP contribution >= 0.6 is 0 Å². The molecule has 0 fully saturated rings. The van der Waals surface area contributed by atoms with Crippen LogP contribution in [-0.2, 0) is 6.42 Å². The molecule has 0 amide bonds. The van der Waals surface area contributed by atoms with Gasteiger partial charge < -0.3 is 4.98 Å². The summed E-state index contributed by atoms with van der Waals surface area (Å²) in [6.45, 7) is 7.88. The van der Waals surface area contributed by atoms with Gasteiger partial charge in [0.25, 0.3) is 0 Å². The first-order chi connectivity index (χ1) is 7.76. The fourth-order valence-electron chi connectivity index (χ4n) is 1.57. The van der Waals surface area contributed by atoms with Gasteiger partial charge >= 0.3 is 0 Å². The normalized spacial score (nSPS) is 9.44. The molecule has 2 aromatic rings. The fourth-order valence-corrected chi connectivity index (χ4v) is 1.57. The van der Waals surface area contributed by atoms with Gasteiger partial charge in [-0.2, -0.15) is 5.26 Å². The van der Waals surface area contributed by atoms with Crippen LogP contribution in [0.5, 0.6) is 0 Å². The van der Waals surface area contributed by atoms with Crippen LogP contribution in [0.1, 0.15) is 37.9 Å². The van der Waals surface area contributed by atoms with E-state index in [9.17, 15) is 0 Å². The molecule has 0 radical (unpaired) electrons. The van der Waals surface area contributed by atoms with Crippen LogP contribution in [0.25, 0.3) is 11.0 Å². The van der Waals surface area contributed by atoms with Crippen molar-refractivity contribution in [2.45, 2.75) is 34.1 Å². The third-order valence-corrected chi connectivity index (χ3v) is 2.17. The number of hydrogen-bond donors (Lipinski definition) is 1. The zero-order valence-corrected chi connectivity index (χ0v) is 10.1. The zero-order chi connectivity index (χ0) is 12.1. The van der Waals surface area contributed by atoms with Crippen molar-refractivity contribution in [2.75, 3.05) is 0 Å². The lowest BCUT2D eigenvalue weighted by Gasteiger charge is -2.00. The van der Waals surface area contributed by atoms with Gasteiger partial charge in [0, 0.05) is 6.20 Å². The van der Waals surface area contributed by atoms with Gasteiger partial charge in [0.2, 0.25) is 0 Å². The standard InChI is InChI=1S/C10H10N4.C2H6/c1-3-8-9-7(4-11)5-12-10(9)14-6(2)13-8;1-2/h5H,3H2,1-2H3,(H,12,13,14);1-2H3. The monoisotopic (exact) mass is 216 g/mol. The Morgan fingerprint density at radius 3 is 2.62 bits per heavy atom. The van der Waals surface area contributed by atoms with Crippen molar-refractivity contribution in [1.82, 2.24) is 15.0 Å². The predicted molar refractivity (Wildman–Crippen MR) is 64.1 cm³/mol. The maximum Gasteiger partial charge on any atom is 0.142 e. The van der Waals surface area contributed by atoms with Crippen molar-refractivity contribution >= 4 is 11.0 Å². The number of aryl methyl sites for hydroxylation is 2. The lowest BCUT2D eigenvalue weighted by molar-refractivity contribution is 0.978. The highest BCUT2D eigenvalue weighted by atomic mass is 14.9. The number of rotatable bonds is 1. The summed E-state index contributed by atoms with van der Waals surface area (Å²) < 4.78 is 0. The minimum Gasteiger partial charge on any atom is -0.345 e. The number of nitrogens with zero attached hydrogens (tertiary/aromatic N) is 3. The molecule has 0 bridgehead atoms. The molecule has 1 N–H and O–H groups in total. The van der Waals surface area contributed by atoms with E-state index in [4.69, 9.17) is 5.26 Å². The summed E-state index contributed by atoms with van der Waals surface area (Å²) in [4.78, 5) is 11.5. The molecule has 0 saturated carbocycles. The van der Waals surface area contributed by atoms with Crippen molar-refractivity contribution < 1.29 is 0 Å². The van der Waals surface area contributed by atoms with Gasteiger partial charge in [-0.25, -0.2) is 9.97 Å². The minimum atomic E-state index is 0.622. The van der Waals surface area contributed by atoms with Gasteiger partial charge in [0.05, 0.1) is 16.6 Å². The molecule has 4 nitrogen and oxygen atoms in total. The van der Waals surface area contributed by atoms with Gasteiger partial charge in [0.15, 0.2) is 0 Å². The van der Waals surface area contributed by atoms with E-state index in [-0.39, 0.29) is 0 Å². The maximum atomic E-state index is 8.89. The molecule has 0 aliphatic heterocycles. The van der Waals surface area contributed by atoms with Crippen LogP contribution in [-0.4, -0.2) is 15.0 Å². The molecule has 4 heteroatoms. The Morgan fingerprint density at radius 2 is 2.06 bits per heavy atom. The molecule has 0 aliphatic carbocycles. The molecule has 2 rings (SSSR count). The van der Waals surface area contributed by atoms with Gasteiger partial charge in [-0.1, -0.05) is 20.8 Å². The molecule has 0 saturated heterocycles. The molecule has 0 unspecified atom stereocenters. The Labute approximate surface area is 95.3 Å². The smallest absolute Gasteiger partial charge is 0.142 e. The molecule has 16 heavy (non-hydrogen) atoms. The van der Waals surface area contributed by atoms with E-state index in [0.29, 0.717) is 5.56 Å². The summed E-state index contributed by atoms with van der Waals surface area (Å²) in [5.74, 6) is 0.737. The van der Waals surface area contributed by atoms with Crippen LogP contribution in [0.3, 0.4) is 0 Å². The van der Waals surface area contributed by atoms with E-state index in [1.54, 1.807) is 6.20 Å². The van der Waals surface area contributed by atoms with Gasteiger partial charge in [-0.15, -0.1) is 0 Å². The van der Waals surface area contributed by atoms with E-state index in [1.165, 1.54) is 0 Å². The Balaban J connectivity index is 0.000000606. The van der Waals surface area contributed by atoms with Gasteiger partial charge in [-0.3, -0.25) is 0 Å². The maximum absolute atomic E-state index is 8.89. The third-order valence-electron chi connectivity index (χ3n) is 2.17. The lowest BCUT2D eigenvalue weighted by atomic mass is 10.1. The lowest BCUT2D eigenvalue weighted by Crippen LogP contribution is -1.95. The average Bonchev–Trinajstić information content (AvgIpc) is 2.73. The number of nitriles is 1. The quantitative estimate of drug-likeness (QED) is 0.797. The Bertz CT molecular complexity index is 520. The summed E-state index contributed by atoms with van der Waals surface area (Å²) in [5.41, 5.74) is 2.31. The number of nitrogens with one attached hydrogen (secondary N) is 1. The number of fused-ring (bicyclic) bond motifs is 1. The van der Waals surface area contributed by atoms with Crippen molar-refractivity contribution in [3.63, 3.8) is 0 Å². The summed E-state index contributed by atoms with van der Waals surface area (Å²) in [5, 5.41) is 9.75. The Kier molecular flexibility index (Phi) is 4.01. The highest BCUT2D eigenvalue weighted by Crippen LogP contribution is 2.19. The number of hydrogen-bond acceptors (Lipinski definition) is 3. The minimum absolute atomic E-state index is 0.622. The molecule has 2 aromatic heterocycles. The molecule has 0 aliphatic rings. The van der Waals surface area contributed by atoms with Crippen molar-refractivity contribution in [2.24, 2.45) is 0 Å². The first-order valence-corrected chi connectivity index (χ1v) is 5.51. The zero-order valence-electron chi connectivity index (χ0n) is 10.1. The second kappa shape index (κ2) is 5.26. The Hall–Kier alpha value is -1.89.